The summed E-state index contributed by atoms with van der Waals surface area (Å²) in [5.74, 6) is 0. The minimum absolute atomic E-state index is 0.0353. The van der Waals surface area contributed by atoms with Crippen LogP contribution in [0.25, 0.3) is 0 Å². The van der Waals surface area contributed by atoms with E-state index in [1.54, 1.807) is 64.0 Å². The minimum atomic E-state index is -2.60. The van der Waals surface area contributed by atoms with Gasteiger partial charge in [0.1, 0.15) is 0 Å². The fraction of sp³-hybridized carbons (Fsp3) is 0.786. The van der Waals surface area contributed by atoms with Crippen molar-refractivity contribution in [2.24, 2.45) is 0 Å². The molecule has 0 aliphatic rings. The number of hydrogen-bond acceptors (Lipinski definition) is 9. The lowest BCUT2D eigenvalue weighted by Gasteiger charge is -2.36. The molecule has 0 bridgehead atoms. The predicted molar refractivity (Wildman–Crippen MR) is 164 cm³/mol. The Hall–Kier alpha value is -0.489. The standard InChI is InChI=1S/C28H56O9Si3/c1-29-38(30-2,31-3)24-16-13-21-28(27-19-11-10-12-20-27,22-14-17-25-39(32-4,33-5)34-6)23-15-18-26-40(35-7,36-8)37-9/h10-12,19-20H,13-18,21-26H2,1-9H3. The van der Waals surface area contributed by atoms with Gasteiger partial charge in [-0.1, -0.05) is 49.6 Å². The molecular weight excluding hydrogens is 565 g/mol. The number of hydrogen-bond donors (Lipinski definition) is 0. The van der Waals surface area contributed by atoms with E-state index in [0.29, 0.717) is 0 Å². The van der Waals surface area contributed by atoms with Gasteiger partial charge in [0, 0.05) is 82.1 Å². The Morgan fingerprint density at radius 2 is 0.700 bits per heavy atom. The molecule has 0 N–H and O–H groups in total. The molecule has 0 saturated carbocycles. The zero-order valence-electron chi connectivity index (χ0n) is 26.5. The van der Waals surface area contributed by atoms with Crippen LogP contribution >= 0.6 is 0 Å². The molecule has 0 aliphatic carbocycles. The molecular formula is C28H56O9Si3. The summed E-state index contributed by atoms with van der Waals surface area (Å²) in [7, 11) is 7.34. The summed E-state index contributed by atoms with van der Waals surface area (Å²) >= 11 is 0. The fourth-order valence-electron chi connectivity index (χ4n) is 5.68. The van der Waals surface area contributed by atoms with Crippen molar-refractivity contribution in [2.45, 2.75) is 81.3 Å². The van der Waals surface area contributed by atoms with Crippen molar-refractivity contribution >= 4 is 26.4 Å². The SMILES string of the molecule is CO[Si](CCCCC(CCCC[Si](OC)(OC)OC)(CCCC[Si](OC)(OC)OC)c1ccccc1)(OC)OC. The van der Waals surface area contributed by atoms with E-state index in [4.69, 9.17) is 39.8 Å². The van der Waals surface area contributed by atoms with E-state index >= 15 is 0 Å². The highest BCUT2D eigenvalue weighted by atomic mass is 28.4. The molecule has 0 aromatic heterocycles. The molecule has 9 nitrogen and oxygen atoms in total. The van der Waals surface area contributed by atoms with E-state index in [1.807, 2.05) is 0 Å². The lowest BCUT2D eigenvalue weighted by Crippen LogP contribution is -2.42. The van der Waals surface area contributed by atoms with Crippen LogP contribution in [0.15, 0.2) is 30.3 Å². The van der Waals surface area contributed by atoms with Gasteiger partial charge in [0.2, 0.25) is 0 Å². The number of rotatable bonds is 25. The summed E-state index contributed by atoms with van der Waals surface area (Å²) in [5.41, 5.74) is 1.43. The topological polar surface area (TPSA) is 83.1 Å². The highest BCUT2D eigenvalue weighted by molar-refractivity contribution is 6.61. The highest BCUT2D eigenvalue weighted by Gasteiger charge is 2.40. The third-order valence-corrected chi connectivity index (χ3v) is 16.8. The molecule has 0 aliphatic heterocycles. The third kappa shape index (κ3) is 11.0. The van der Waals surface area contributed by atoms with Crippen LogP contribution in [0.3, 0.4) is 0 Å². The highest BCUT2D eigenvalue weighted by Crippen LogP contribution is 2.41. The van der Waals surface area contributed by atoms with E-state index in [1.165, 1.54) is 5.56 Å². The third-order valence-electron chi connectivity index (χ3n) is 8.35. The van der Waals surface area contributed by atoms with Crippen LogP contribution in [-0.2, 0) is 45.2 Å². The van der Waals surface area contributed by atoms with Gasteiger partial charge in [-0.2, -0.15) is 0 Å². The lowest BCUT2D eigenvalue weighted by atomic mass is 9.69. The molecule has 1 rings (SSSR count). The van der Waals surface area contributed by atoms with Gasteiger partial charge in [0.05, 0.1) is 0 Å². The van der Waals surface area contributed by atoms with Gasteiger partial charge in [-0.15, -0.1) is 0 Å². The lowest BCUT2D eigenvalue weighted by molar-refractivity contribution is 0.122. The van der Waals surface area contributed by atoms with Gasteiger partial charge in [-0.3, -0.25) is 0 Å². The van der Waals surface area contributed by atoms with Gasteiger partial charge >= 0.3 is 26.4 Å². The average Bonchev–Trinajstić information content (AvgIpc) is 3.02. The van der Waals surface area contributed by atoms with Gasteiger partial charge in [-0.05, 0) is 49.5 Å². The molecule has 12 heteroatoms. The van der Waals surface area contributed by atoms with Crippen LogP contribution in [0, 0.1) is 0 Å². The van der Waals surface area contributed by atoms with Crippen LogP contribution in [0.1, 0.15) is 63.4 Å². The molecule has 0 atom stereocenters. The second kappa shape index (κ2) is 19.7. The number of unbranched alkanes of at least 4 members (excludes halogenated alkanes) is 3. The first-order valence-electron chi connectivity index (χ1n) is 14.3. The van der Waals surface area contributed by atoms with Crippen molar-refractivity contribution in [1.29, 1.82) is 0 Å². The van der Waals surface area contributed by atoms with Gasteiger partial charge in [0.15, 0.2) is 0 Å². The molecule has 0 radical (unpaired) electrons. The van der Waals surface area contributed by atoms with Crippen LogP contribution < -0.4 is 0 Å². The molecule has 0 amide bonds. The van der Waals surface area contributed by atoms with Crippen molar-refractivity contribution in [3.63, 3.8) is 0 Å². The van der Waals surface area contributed by atoms with E-state index in [9.17, 15) is 0 Å². The van der Waals surface area contributed by atoms with Crippen molar-refractivity contribution in [1.82, 2.24) is 0 Å². The summed E-state index contributed by atoms with van der Waals surface area (Å²) < 4.78 is 51.0. The Labute approximate surface area is 247 Å². The van der Waals surface area contributed by atoms with Crippen LogP contribution in [0.4, 0.5) is 0 Å². The first-order valence-corrected chi connectivity index (χ1v) is 20.1. The molecule has 0 heterocycles. The van der Waals surface area contributed by atoms with Crippen LogP contribution in [0.5, 0.6) is 0 Å². The summed E-state index contributed by atoms with van der Waals surface area (Å²) in [6.45, 7) is 0. The quantitative estimate of drug-likeness (QED) is 0.0955. The maximum Gasteiger partial charge on any atom is 0.500 e. The van der Waals surface area contributed by atoms with E-state index < -0.39 is 26.4 Å². The van der Waals surface area contributed by atoms with Crippen LogP contribution in [-0.4, -0.2) is 90.4 Å². The molecule has 40 heavy (non-hydrogen) atoms. The van der Waals surface area contributed by atoms with E-state index in [0.717, 1.165) is 75.9 Å². The molecule has 0 saturated heterocycles. The predicted octanol–water partition coefficient (Wildman–Crippen LogP) is 6.07. The first-order chi connectivity index (χ1) is 19.3. The molecule has 0 unspecified atom stereocenters. The fourth-order valence-corrected chi connectivity index (χ4v) is 11.1. The summed E-state index contributed by atoms with van der Waals surface area (Å²) in [4.78, 5) is 0. The first kappa shape index (κ1) is 37.5. The summed E-state index contributed by atoms with van der Waals surface area (Å²) in [6, 6.07) is 13.4. The van der Waals surface area contributed by atoms with Crippen molar-refractivity contribution < 1.29 is 39.8 Å². The van der Waals surface area contributed by atoms with Gasteiger partial charge in [-0.25, -0.2) is 0 Å². The second-order valence-electron chi connectivity index (χ2n) is 10.2. The molecule has 0 spiro atoms. The Bertz CT molecular complexity index is 667. The summed E-state index contributed by atoms with van der Waals surface area (Å²) in [6.07, 6.45) is 9.33. The number of benzene rings is 1. The second-order valence-corrected chi connectivity index (χ2v) is 19.4. The maximum atomic E-state index is 5.67. The molecule has 0 fully saturated rings. The zero-order chi connectivity index (χ0) is 30.0. The monoisotopic (exact) mass is 620 g/mol. The Morgan fingerprint density at radius 1 is 0.425 bits per heavy atom. The minimum Gasteiger partial charge on any atom is -0.377 e. The maximum absolute atomic E-state index is 5.67. The molecule has 1 aromatic carbocycles. The Balaban J connectivity index is 3.11. The largest absolute Gasteiger partial charge is 0.500 e. The molecule has 1 aromatic rings. The smallest absolute Gasteiger partial charge is 0.377 e. The van der Waals surface area contributed by atoms with Gasteiger partial charge in [0.25, 0.3) is 0 Å². The van der Waals surface area contributed by atoms with Crippen molar-refractivity contribution in [2.75, 3.05) is 64.0 Å². The Kier molecular flexibility index (Phi) is 18.4. The van der Waals surface area contributed by atoms with E-state index in [2.05, 4.69) is 30.3 Å². The average molecular weight is 621 g/mol. The molecule has 234 valence electrons. The van der Waals surface area contributed by atoms with Crippen LogP contribution in [0.2, 0.25) is 18.1 Å². The van der Waals surface area contributed by atoms with Crippen molar-refractivity contribution in [3.8, 4) is 0 Å². The normalized spacial score (nSPS) is 13.2. The van der Waals surface area contributed by atoms with Gasteiger partial charge < -0.3 is 39.8 Å². The van der Waals surface area contributed by atoms with Crippen molar-refractivity contribution in [3.05, 3.63) is 35.9 Å². The van der Waals surface area contributed by atoms with E-state index in [-0.39, 0.29) is 5.41 Å². The summed E-state index contributed by atoms with van der Waals surface area (Å²) in [5, 5.41) is 0. The zero-order valence-corrected chi connectivity index (χ0v) is 29.5. The Morgan fingerprint density at radius 3 is 0.950 bits per heavy atom.